The number of nitrogens with zero attached hydrogens (tertiary/aromatic N) is 2. The summed E-state index contributed by atoms with van der Waals surface area (Å²) in [5.41, 5.74) is -0.522. The SMILES string of the molecule is C[C@@H](OC(=O)/C=C/c1cccc([N+](=O)[O-])c1)C(=O)NC1(C#N)CCCCC1. The molecule has 8 heteroatoms. The zero-order valence-electron chi connectivity index (χ0n) is 15.0. The van der Waals surface area contributed by atoms with Crippen LogP contribution in [0.4, 0.5) is 5.69 Å². The van der Waals surface area contributed by atoms with Gasteiger partial charge in [-0.15, -0.1) is 0 Å². The van der Waals surface area contributed by atoms with E-state index in [0.29, 0.717) is 18.4 Å². The van der Waals surface area contributed by atoms with Gasteiger partial charge in [0.15, 0.2) is 6.10 Å². The van der Waals surface area contributed by atoms with Gasteiger partial charge in [0.05, 0.1) is 11.0 Å². The average Bonchev–Trinajstić information content (AvgIpc) is 2.67. The Labute approximate surface area is 157 Å². The summed E-state index contributed by atoms with van der Waals surface area (Å²) in [5.74, 6) is -1.27. The minimum Gasteiger partial charge on any atom is -0.449 e. The number of carbonyl (C=O) groups excluding carboxylic acids is 2. The summed E-state index contributed by atoms with van der Waals surface area (Å²) in [6.45, 7) is 1.43. The van der Waals surface area contributed by atoms with Gasteiger partial charge in [0.2, 0.25) is 0 Å². The molecule has 0 bridgehead atoms. The van der Waals surface area contributed by atoms with Gasteiger partial charge in [-0.2, -0.15) is 5.26 Å². The van der Waals surface area contributed by atoms with Gasteiger partial charge in [-0.25, -0.2) is 4.79 Å². The molecule has 0 aromatic heterocycles. The fraction of sp³-hybridized carbons (Fsp3) is 0.421. The Morgan fingerprint density at radius 2 is 2.07 bits per heavy atom. The molecule has 0 heterocycles. The molecular formula is C19H21N3O5. The first-order valence-corrected chi connectivity index (χ1v) is 8.72. The monoisotopic (exact) mass is 371 g/mol. The maximum Gasteiger partial charge on any atom is 0.331 e. The molecule has 0 saturated heterocycles. The molecule has 1 atom stereocenters. The van der Waals surface area contributed by atoms with Gasteiger partial charge in [-0.1, -0.05) is 31.4 Å². The number of ether oxygens (including phenoxy) is 1. The summed E-state index contributed by atoms with van der Waals surface area (Å²) in [5, 5.41) is 22.8. The van der Waals surface area contributed by atoms with Gasteiger partial charge in [-0.3, -0.25) is 14.9 Å². The average molecular weight is 371 g/mol. The van der Waals surface area contributed by atoms with E-state index in [1.165, 1.54) is 31.2 Å². The van der Waals surface area contributed by atoms with Crippen LogP contribution in [0.5, 0.6) is 0 Å². The molecule has 0 aliphatic heterocycles. The molecule has 27 heavy (non-hydrogen) atoms. The summed E-state index contributed by atoms with van der Waals surface area (Å²) in [4.78, 5) is 34.4. The standard InChI is InChI=1S/C19H21N3O5/c1-14(18(24)21-19(13-20)10-3-2-4-11-19)27-17(23)9-8-15-6-5-7-16(12-15)22(25)26/h5-9,12,14H,2-4,10-11H2,1H3,(H,21,24)/b9-8+/t14-/m1/s1. The molecule has 1 amide bonds. The van der Waals surface area contributed by atoms with Crippen molar-refractivity contribution < 1.29 is 19.2 Å². The molecular weight excluding hydrogens is 350 g/mol. The molecule has 1 aromatic carbocycles. The van der Waals surface area contributed by atoms with Crippen LogP contribution in [0.1, 0.15) is 44.6 Å². The van der Waals surface area contributed by atoms with Crippen molar-refractivity contribution in [2.24, 2.45) is 0 Å². The summed E-state index contributed by atoms with van der Waals surface area (Å²) in [6.07, 6.45) is 5.36. The van der Waals surface area contributed by atoms with Crippen molar-refractivity contribution in [1.82, 2.24) is 5.32 Å². The highest BCUT2D eigenvalue weighted by Gasteiger charge is 2.35. The van der Waals surface area contributed by atoms with E-state index >= 15 is 0 Å². The molecule has 142 valence electrons. The number of carbonyl (C=O) groups is 2. The Bertz CT molecular complexity index is 791. The summed E-state index contributed by atoms with van der Waals surface area (Å²) in [7, 11) is 0. The second kappa shape index (κ2) is 8.94. The fourth-order valence-corrected chi connectivity index (χ4v) is 2.93. The van der Waals surface area contributed by atoms with Crippen molar-refractivity contribution in [3.8, 4) is 6.07 Å². The van der Waals surface area contributed by atoms with Gasteiger partial charge in [0.25, 0.3) is 11.6 Å². The zero-order valence-corrected chi connectivity index (χ0v) is 15.0. The van der Waals surface area contributed by atoms with E-state index in [0.717, 1.165) is 25.3 Å². The van der Waals surface area contributed by atoms with Crippen LogP contribution in [-0.4, -0.2) is 28.4 Å². The third-order valence-electron chi connectivity index (χ3n) is 4.44. The third kappa shape index (κ3) is 5.64. The van der Waals surface area contributed by atoms with Crippen LogP contribution >= 0.6 is 0 Å². The Kier molecular flexibility index (Phi) is 6.66. The fourth-order valence-electron chi connectivity index (χ4n) is 2.93. The number of benzene rings is 1. The topological polar surface area (TPSA) is 122 Å². The quantitative estimate of drug-likeness (QED) is 0.355. The Morgan fingerprint density at radius 1 is 1.37 bits per heavy atom. The first-order valence-electron chi connectivity index (χ1n) is 8.72. The van der Waals surface area contributed by atoms with Crippen LogP contribution in [0.25, 0.3) is 6.08 Å². The molecule has 8 nitrogen and oxygen atoms in total. The van der Waals surface area contributed by atoms with E-state index < -0.39 is 28.4 Å². The first kappa shape index (κ1) is 20.1. The number of amides is 1. The molecule has 2 rings (SSSR count). The molecule has 1 aliphatic carbocycles. The van der Waals surface area contributed by atoms with Crippen LogP contribution in [-0.2, 0) is 14.3 Å². The number of nitriles is 1. The second-order valence-electron chi connectivity index (χ2n) is 6.51. The Hall–Kier alpha value is -3.21. The van der Waals surface area contributed by atoms with Crippen molar-refractivity contribution in [2.75, 3.05) is 0 Å². The molecule has 0 radical (unpaired) electrons. The van der Waals surface area contributed by atoms with E-state index in [9.17, 15) is 25.0 Å². The molecule has 1 N–H and O–H groups in total. The lowest BCUT2D eigenvalue weighted by molar-refractivity contribution is -0.384. The van der Waals surface area contributed by atoms with E-state index in [1.807, 2.05) is 0 Å². The zero-order chi connectivity index (χ0) is 19.9. The predicted octanol–water partition coefficient (Wildman–Crippen LogP) is 2.88. The number of hydrogen-bond acceptors (Lipinski definition) is 6. The number of hydrogen-bond donors (Lipinski definition) is 1. The minimum absolute atomic E-state index is 0.0902. The number of nitrogens with one attached hydrogen (secondary N) is 1. The van der Waals surface area contributed by atoms with Crippen LogP contribution < -0.4 is 5.32 Å². The highest BCUT2D eigenvalue weighted by atomic mass is 16.6. The third-order valence-corrected chi connectivity index (χ3v) is 4.44. The summed E-state index contributed by atoms with van der Waals surface area (Å²) in [6, 6.07) is 7.95. The van der Waals surface area contributed by atoms with Gasteiger partial charge in [0.1, 0.15) is 5.54 Å². The van der Waals surface area contributed by atoms with Gasteiger partial charge in [0, 0.05) is 18.2 Å². The molecule has 0 spiro atoms. The van der Waals surface area contributed by atoms with Crippen LogP contribution in [0, 0.1) is 21.4 Å². The van der Waals surface area contributed by atoms with E-state index in [2.05, 4.69) is 11.4 Å². The maximum atomic E-state index is 12.3. The number of non-ortho nitro benzene ring substituents is 1. The van der Waals surface area contributed by atoms with E-state index in [4.69, 9.17) is 4.74 Å². The van der Waals surface area contributed by atoms with Crippen molar-refractivity contribution in [3.05, 3.63) is 46.0 Å². The molecule has 1 saturated carbocycles. The number of rotatable bonds is 6. The molecule has 1 aromatic rings. The van der Waals surface area contributed by atoms with Crippen LogP contribution in [0.3, 0.4) is 0 Å². The van der Waals surface area contributed by atoms with Gasteiger partial charge in [-0.05, 0) is 31.4 Å². The normalized spacial score (nSPS) is 16.9. The lowest BCUT2D eigenvalue weighted by Gasteiger charge is -2.32. The highest BCUT2D eigenvalue weighted by Crippen LogP contribution is 2.27. The number of nitro benzene ring substituents is 1. The highest BCUT2D eigenvalue weighted by molar-refractivity contribution is 5.90. The Balaban J connectivity index is 1.92. The molecule has 1 aliphatic rings. The first-order chi connectivity index (χ1) is 12.8. The smallest absolute Gasteiger partial charge is 0.331 e. The second-order valence-corrected chi connectivity index (χ2v) is 6.51. The van der Waals surface area contributed by atoms with Gasteiger partial charge >= 0.3 is 5.97 Å². The lowest BCUT2D eigenvalue weighted by atomic mass is 9.83. The van der Waals surface area contributed by atoms with Crippen molar-refractivity contribution in [1.29, 1.82) is 5.26 Å². The van der Waals surface area contributed by atoms with Crippen molar-refractivity contribution in [2.45, 2.75) is 50.7 Å². The van der Waals surface area contributed by atoms with Crippen molar-refractivity contribution in [3.63, 3.8) is 0 Å². The Morgan fingerprint density at radius 3 is 2.70 bits per heavy atom. The summed E-state index contributed by atoms with van der Waals surface area (Å²) >= 11 is 0. The van der Waals surface area contributed by atoms with E-state index in [1.54, 1.807) is 6.07 Å². The largest absolute Gasteiger partial charge is 0.449 e. The van der Waals surface area contributed by atoms with E-state index in [-0.39, 0.29) is 5.69 Å². The molecule has 1 fully saturated rings. The van der Waals surface area contributed by atoms with Crippen LogP contribution in [0.15, 0.2) is 30.3 Å². The minimum atomic E-state index is -1.06. The van der Waals surface area contributed by atoms with Gasteiger partial charge < -0.3 is 10.1 Å². The summed E-state index contributed by atoms with van der Waals surface area (Å²) < 4.78 is 5.06. The number of esters is 1. The number of nitro groups is 1. The molecule has 0 unspecified atom stereocenters. The lowest BCUT2D eigenvalue weighted by Crippen LogP contribution is -2.52. The predicted molar refractivity (Wildman–Crippen MR) is 97.3 cm³/mol. The maximum absolute atomic E-state index is 12.3. The van der Waals surface area contributed by atoms with Crippen molar-refractivity contribution >= 4 is 23.6 Å². The van der Waals surface area contributed by atoms with Crippen LogP contribution in [0.2, 0.25) is 0 Å².